The number of para-hydroxylation sites is 1. The third-order valence-corrected chi connectivity index (χ3v) is 5.67. The van der Waals surface area contributed by atoms with Crippen molar-refractivity contribution in [2.75, 3.05) is 32.1 Å². The fraction of sp³-hybridized carbons (Fsp3) is 0.571. The van der Waals surface area contributed by atoms with Gasteiger partial charge in [-0.05, 0) is 31.9 Å². The van der Waals surface area contributed by atoms with Crippen LogP contribution in [0.4, 0.5) is 5.69 Å². The van der Waals surface area contributed by atoms with Crippen molar-refractivity contribution in [1.82, 2.24) is 4.31 Å². The van der Waals surface area contributed by atoms with Crippen LogP contribution in [-0.4, -0.2) is 50.6 Å². The van der Waals surface area contributed by atoms with E-state index in [-0.39, 0.29) is 0 Å². The first kappa shape index (κ1) is 15.3. The number of anilines is 1. The summed E-state index contributed by atoms with van der Waals surface area (Å²) in [6.07, 6.45) is 1.28. The molecule has 0 saturated carbocycles. The molecule has 2 rings (SSSR count). The number of hydrogen-bond donors (Lipinski definition) is 1. The highest BCUT2D eigenvalue weighted by Crippen LogP contribution is 2.31. The lowest BCUT2D eigenvalue weighted by molar-refractivity contribution is 0.0350. The van der Waals surface area contributed by atoms with E-state index < -0.39 is 15.6 Å². The second-order valence-corrected chi connectivity index (χ2v) is 7.86. The molecule has 6 heteroatoms. The van der Waals surface area contributed by atoms with Crippen LogP contribution in [0.25, 0.3) is 0 Å². The summed E-state index contributed by atoms with van der Waals surface area (Å²) >= 11 is 0. The number of piperidine rings is 1. The normalized spacial score (nSPS) is 19.4. The lowest BCUT2D eigenvalue weighted by atomic mass is 9.93. The summed E-state index contributed by atoms with van der Waals surface area (Å²) in [5.41, 5.74) is 0.0722. The standard InChI is InChI=1S/C14H22N2O3S/c1-14(17)8-10-16(11-9-14)12-6-4-5-7-13(12)20(18,19)15(2)3/h4-7,17H,8-11H2,1-3H3. The van der Waals surface area contributed by atoms with Crippen molar-refractivity contribution < 1.29 is 13.5 Å². The molecule has 5 nitrogen and oxygen atoms in total. The zero-order chi connectivity index (χ0) is 15.0. The maximum atomic E-state index is 12.4. The Kier molecular flexibility index (Phi) is 4.09. The van der Waals surface area contributed by atoms with Gasteiger partial charge in [-0.3, -0.25) is 0 Å². The molecule has 0 unspecified atom stereocenters. The van der Waals surface area contributed by atoms with Gasteiger partial charge in [0.05, 0.1) is 11.3 Å². The van der Waals surface area contributed by atoms with Gasteiger partial charge < -0.3 is 10.0 Å². The third kappa shape index (κ3) is 2.97. The molecule has 20 heavy (non-hydrogen) atoms. The summed E-state index contributed by atoms with van der Waals surface area (Å²) in [6, 6.07) is 7.05. The molecule has 1 aliphatic rings. The Balaban J connectivity index is 2.35. The molecule has 0 radical (unpaired) electrons. The molecule has 0 atom stereocenters. The van der Waals surface area contributed by atoms with Gasteiger partial charge in [0.25, 0.3) is 0 Å². The van der Waals surface area contributed by atoms with E-state index in [4.69, 9.17) is 0 Å². The smallest absolute Gasteiger partial charge is 0.244 e. The Morgan fingerprint density at radius 2 is 1.75 bits per heavy atom. The summed E-state index contributed by atoms with van der Waals surface area (Å²) in [5.74, 6) is 0. The second-order valence-electron chi connectivity index (χ2n) is 5.74. The number of rotatable bonds is 3. The van der Waals surface area contributed by atoms with E-state index in [1.54, 1.807) is 12.1 Å². The zero-order valence-electron chi connectivity index (χ0n) is 12.2. The average Bonchev–Trinajstić information content (AvgIpc) is 2.38. The molecule has 0 aliphatic carbocycles. The quantitative estimate of drug-likeness (QED) is 0.913. The van der Waals surface area contributed by atoms with Gasteiger partial charge in [-0.15, -0.1) is 0 Å². The largest absolute Gasteiger partial charge is 0.390 e. The minimum Gasteiger partial charge on any atom is -0.390 e. The van der Waals surface area contributed by atoms with E-state index in [2.05, 4.69) is 0 Å². The number of sulfonamides is 1. The van der Waals surface area contributed by atoms with Crippen molar-refractivity contribution in [2.24, 2.45) is 0 Å². The zero-order valence-corrected chi connectivity index (χ0v) is 13.0. The van der Waals surface area contributed by atoms with Gasteiger partial charge >= 0.3 is 0 Å². The predicted octanol–water partition coefficient (Wildman–Crippen LogP) is 1.29. The minimum absolute atomic E-state index is 0.326. The van der Waals surface area contributed by atoms with E-state index in [1.807, 2.05) is 24.0 Å². The van der Waals surface area contributed by atoms with Gasteiger partial charge in [0.1, 0.15) is 4.90 Å². The summed E-state index contributed by atoms with van der Waals surface area (Å²) in [7, 11) is -0.387. The highest BCUT2D eigenvalue weighted by molar-refractivity contribution is 7.89. The molecular weight excluding hydrogens is 276 g/mol. The summed E-state index contributed by atoms with van der Waals surface area (Å²) in [4.78, 5) is 2.36. The van der Waals surface area contributed by atoms with Crippen LogP contribution in [0.15, 0.2) is 29.2 Å². The first-order valence-corrected chi connectivity index (χ1v) is 8.17. The van der Waals surface area contributed by atoms with Crippen LogP contribution in [0.2, 0.25) is 0 Å². The van der Waals surface area contributed by atoms with E-state index in [9.17, 15) is 13.5 Å². The van der Waals surface area contributed by atoms with Crippen molar-refractivity contribution in [3.05, 3.63) is 24.3 Å². The highest BCUT2D eigenvalue weighted by atomic mass is 32.2. The summed E-state index contributed by atoms with van der Waals surface area (Å²) < 4.78 is 26.0. The molecule has 1 heterocycles. The molecule has 112 valence electrons. The van der Waals surface area contributed by atoms with E-state index in [0.717, 1.165) is 5.69 Å². The van der Waals surface area contributed by atoms with Crippen molar-refractivity contribution in [3.63, 3.8) is 0 Å². The second kappa shape index (κ2) is 5.35. The molecule has 0 aromatic heterocycles. The van der Waals surface area contributed by atoms with Crippen LogP contribution in [0.1, 0.15) is 19.8 Å². The van der Waals surface area contributed by atoms with E-state index in [0.29, 0.717) is 30.8 Å². The van der Waals surface area contributed by atoms with Crippen LogP contribution >= 0.6 is 0 Å². The maximum absolute atomic E-state index is 12.4. The van der Waals surface area contributed by atoms with Gasteiger partial charge in [0, 0.05) is 27.2 Å². The third-order valence-electron chi connectivity index (χ3n) is 3.81. The molecular formula is C14H22N2O3S. The molecule has 0 amide bonds. The van der Waals surface area contributed by atoms with Crippen molar-refractivity contribution in [2.45, 2.75) is 30.3 Å². The first-order valence-electron chi connectivity index (χ1n) is 6.73. The Hall–Kier alpha value is -1.11. The molecule has 1 fully saturated rings. The number of benzene rings is 1. The van der Waals surface area contributed by atoms with Crippen molar-refractivity contribution in [1.29, 1.82) is 0 Å². The van der Waals surface area contributed by atoms with E-state index in [1.165, 1.54) is 18.4 Å². The average molecular weight is 298 g/mol. The maximum Gasteiger partial charge on any atom is 0.244 e. The predicted molar refractivity (Wildman–Crippen MR) is 79.4 cm³/mol. The van der Waals surface area contributed by atoms with Crippen molar-refractivity contribution >= 4 is 15.7 Å². The Morgan fingerprint density at radius 3 is 2.30 bits per heavy atom. The van der Waals surface area contributed by atoms with Crippen LogP contribution < -0.4 is 4.90 Å². The Morgan fingerprint density at radius 1 is 1.20 bits per heavy atom. The molecule has 1 N–H and O–H groups in total. The molecule has 1 aromatic carbocycles. The molecule has 0 spiro atoms. The fourth-order valence-corrected chi connectivity index (χ4v) is 3.47. The summed E-state index contributed by atoms with van der Waals surface area (Å²) in [6.45, 7) is 3.15. The van der Waals surface area contributed by atoms with E-state index >= 15 is 0 Å². The minimum atomic E-state index is -3.46. The van der Waals surface area contributed by atoms with Gasteiger partial charge in [-0.2, -0.15) is 0 Å². The molecule has 1 aromatic rings. The van der Waals surface area contributed by atoms with Gasteiger partial charge in [-0.1, -0.05) is 12.1 Å². The Bertz CT molecular complexity index is 572. The van der Waals surface area contributed by atoms with Crippen molar-refractivity contribution in [3.8, 4) is 0 Å². The SMILES string of the molecule is CN(C)S(=O)(=O)c1ccccc1N1CCC(C)(O)CC1. The topological polar surface area (TPSA) is 60.9 Å². The van der Waals surface area contributed by atoms with Gasteiger partial charge in [0.2, 0.25) is 10.0 Å². The lowest BCUT2D eigenvalue weighted by Crippen LogP contribution is -2.43. The Labute approximate surface area is 120 Å². The van der Waals surface area contributed by atoms with Crippen LogP contribution in [0.5, 0.6) is 0 Å². The van der Waals surface area contributed by atoms with Gasteiger partial charge in [-0.25, -0.2) is 12.7 Å². The monoisotopic (exact) mass is 298 g/mol. The van der Waals surface area contributed by atoms with Crippen LogP contribution in [0.3, 0.4) is 0 Å². The lowest BCUT2D eigenvalue weighted by Gasteiger charge is -2.38. The highest BCUT2D eigenvalue weighted by Gasteiger charge is 2.30. The number of hydrogen-bond acceptors (Lipinski definition) is 4. The first-order chi connectivity index (χ1) is 9.24. The number of aliphatic hydroxyl groups is 1. The molecule has 1 saturated heterocycles. The van der Waals surface area contributed by atoms with Crippen LogP contribution in [-0.2, 0) is 10.0 Å². The molecule has 1 aliphatic heterocycles. The molecule has 0 bridgehead atoms. The fourth-order valence-electron chi connectivity index (χ4n) is 2.36. The van der Waals surface area contributed by atoms with Gasteiger partial charge in [0.15, 0.2) is 0 Å². The number of nitrogens with zero attached hydrogens (tertiary/aromatic N) is 2. The summed E-state index contributed by atoms with van der Waals surface area (Å²) in [5, 5.41) is 10.0. The van der Waals surface area contributed by atoms with Crippen LogP contribution in [0, 0.1) is 0 Å².